The number of amides is 2. The SMILES string of the molecule is O=C(NCCOCCOc1c2cccc1Cc1cccc(c1O)Cc1cccc(c1OCCOCCNC(=O)c1ccc(-n3nc(-c4ccccc4O)nc3-c3ccccc3O)cc1)Cc1cccc(c1O)C2)c1ccc(-n2nc(-c3ccccc3O)nc2-c2ccccc2O)cc1. The highest BCUT2D eigenvalue weighted by molar-refractivity contribution is 5.95. The minimum Gasteiger partial charge on any atom is -0.507 e. The molecule has 8 bridgehead atoms. The van der Waals surface area contributed by atoms with E-state index in [0.29, 0.717) is 116 Å². The highest BCUT2D eigenvalue weighted by Gasteiger charge is 2.24. The molecule has 2 heterocycles. The summed E-state index contributed by atoms with van der Waals surface area (Å²) in [5.74, 6) is 2.15. The van der Waals surface area contributed by atoms with Gasteiger partial charge in [0.05, 0.1) is 60.1 Å². The first kappa shape index (κ1) is 64.4. The summed E-state index contributed by atoms with van der Waals surface area (Å²) < 4.78 is 28.2. The number of nitrogens with one attached hydrogen (secondary N) is 2. The largest absolute Gasteiger partial charge is 0.507 e. The summed E-state index contributed by atoms with van der Waals surface area (Å²) in [5.41, 5.74) is 9.77. The molecule has 0 aliphatic heterocycles. The Hall–Kier alpha value is -12.3. The van der Waals surface area contributed by atoms with Crippen LogP contribution in [0, 0.1) is 0 Å². The molecule has 0 spiro atoms. The fourth-order valence-electron chi connectivity index (χ4n) is 11.9. The molecule has 10 aromatic carbocycles. The molecule has 0 saturated carbocycles. The smallest absolute Gasteiger partial charge is 0.251 e. The molecule has 0 fully saturated rings. The Bertz CT molecular complexity index is 4470. The molecule has 0 radical (unpaired) electrons. The maximum Gasteiger partial charge on any atom is 0.251 e. The summed E-state index contributed by atoms with van der Waals surface area (Å²) in [4.78, 5) is 36.1. The molecule has 13 rings (SSSR count). The lowest BCUT2D eigenvalue weighted by atomic mass is 9.91. The first-order chi connectivity index (χ1) is 47.9. The third kappa shape index (κ3) is 14.4. The average molecular weight is 1310 g/mol. The van der Waals surface area contributed by atoms with E-state index >= 15 is 0 Å². The Morgan fingerprint density at radius 1 is 0.347 bits per heavy atom. The van der Waals surface area contributed by atoms with Crippen LogP contribution in [0.25, 0.3) is 56.9 Å². The molecule has 12 aromatic rings. The number of fused-ring (bicyclic) bond motifs is 8. The topological polar surface area (TPSA) is 278 Å². The zero-order valence-electron chi connectivity index (χ0n) is 53.1. The summed E-state index contributed by atoms with van der Waals surface area (Å²) in [6.07, 6.45) is 1.34. The quantitative estimate of drug-likeness (QED) is 0.0293. The standard InChI is InChI=1S/C78H68N8O12/c87-65-25-5-1-21-61(65)73-81-75(63-23-3-7-27-67(63)89)85(83-73)59-33-29-49(30-34-59)77(93)79-37-39-95-41-43-97-71-55-17-11-18-56(71)46-52-14-10-16-54(70(52)92)48-58-20-12-19-57(47-53-15-9-13-51(45-55)69(53)91)72(58)98-44-42-96-40-38-80-78(94)50-31-35-60(36-32-50)86-76(64-24-4-8-28-68(64)90)82-74(84-86)62-22-2-6-26-66(62)88/h1-36,87-92H,37-48H2,(H,79,93)(H,80,94). The molecular weight excluding hydrogens is 1240 g/mol. The van der Waals surface area contributed by atoms with Gasteiger partial charge in [0, 0.05) is 49.9 Å². The molecule has 2 amide bonds. The van der Waals surface area contributed by atoms with Crippen LogP contribution < -0.4 is 20.1 Å². The molecule has 1 aliphatic rings. The fraction of sp³-hybridized carbons (Fsp3) is 0.154. The maximum absolute atomic E-state index is 13.4. The van der Waals surface area contributed by atoms with E-state index in [4.69, 9.17) is 28.9 Å². The summed E-state index contributed by atoms with van der Waals surface area (Å²) in [5, 5.41) is 81.9. The normalized spacial score (nSPS) is 11.8. The minimum absolute atomic E-state index is 0.00734. The molecule has 20 nitrogen and oxygen atoms in total. The lowest BCUT2D eigenvalue weighted by Gasteiger charge is -2.20. The Labute approximate surface area is 563 Å². The molecule has 0 atom stereocenters. The number of hydrogen-bond donors (Lipinski definition) is 8. The van der Waals surface area contributed by atoms with Gasteiger partial charge in [-0.3, -0.25) is 9.59 Å². The summed E-state index contributed by atoms with van der Waals surface area (Å²) in [7, 11) is 0. The van der Waals surface area contributed by atoms with E-state index in [1.165, 1.54) is 0 Å². The van der Waals surface area contributed by atoms with E-state index in [2.05, 4.69) is 20.8 Å². The second-order valence-electron chi connectivity index (χ2n) is 23.3. The number of rotatable bonds is 22. The molecule has 8 N–H and O–H groups in total. The van der Waals surface area contributed by atoms with Crippen molar-refractivity contribution in [1.29, 1.82) is 0 Å². The average Bonchev–Trinajstić information content (AvgIpc) is 1.62. The van der Waals surface area contributed by atoms with Crippen molar-refractivity contribution in [2.24, 2.45) is 0 Å². The van der Waals surface area contributed by atoms with Crippen LogP contribution in [0.2, 0.25) is 0 Å². The number of aromatic nitrogens is 6. The molecule has 2 aromatic heterocycles. The molecule has 0 saturated heterocycles. The Kier molecular flexibility index (Phi) is 19.5. The van der Waals surface area contributed by atoms with Crippen LogP contribution in [0.5, 0.6) is 46.0 Å². The van der Waals surface area contributed by atoms with Crippen LogP contribution in [-0.4, -0.2) is 125 Å². The second-order valence-corrected chi connectivity index (χ2v) is 23.3. The lowest BCUT2D eigenvalue weighted by molar-refractivity contribution is 0.0860. The van der Waals surface area contributed by atoms with Gasteiger partial charge in [-0.1, -0.05) is 121 Å². The van der Waals surface area contributed by atoms with Gasteiger partial charge in [0.1, 0.15) is 59.2 Å². The van der Waals surface area contributed by atoms with Gasteiger partial charge in [0.25, 0.3) is 11.8 Å². The van der Waals surface area contributed by atoms with Crippen molar-refractivity contribution < 1.29 is 59.2 Å². The van der Waals surface area contributed by atoms with E-state index < -0.39 is 0 Å². The van der Waals surface area contributed by atoms with Crippen LogP contribution in [-0.2, 0) is 35.2 Å². The zero-order chi connectivity index (χ0) is 67.5. The predicted molar refractivity (Wildman–Crippen MR) is 369 cm³/mol. The third-order valence-corrected chi connectivity index (χ3v) is 16.8. The van der Waals surface area contributed by atoms with Crippen LogP contribution in [0.15, 0.2) is 218 Å². The van der Waals surface area contributed by atoms with Gasteiger partial charge < -0.3 is 60.2 Å². The van der Waals surface area contributed by atoms with Crippen molar-refractivity contribution in [3.8, 4) is 103 Å². The number of carbonyl (C=O) groups excluding carboxylic acids is 2. The summed E-state index contributed by atoms with van der Waals surface area (Å²) in [6.45, 7) is 1.60. The molecular formula is C78H68N8O12. The van der Waals surface area contributed by atoms with Crippen LogP contribution in [0.3, 0.4) is 0 Å². The van der Waals surface area contributed by atoms with Gasteiger partial charge in [-0.15, -0.1) is 10.2 Å². The molecule has 0 unspecified atom stereocenters. The van der Waals surface area contributed by atoms with Gasteiger partial charge in [-0.25, -0.2) is 19.3 Å². The Balaban J connectivity index is 0.619. The highest BCUT2D eigenvalue weighted by atomic mass is 16.5. The van der Waals surface area contributed by atoms with Crippen LogP contribution >= 0.6 is 0 Å². The van der Waals surface area contributed by atoms with E-state index in [9.17, 15) is 40.2 Å². The number of phenols is 6. The van der Waals surface area contributed by atoms with E-state index in [1.54, 1.807) is 155 Å². The lowest BCUT2D eigenvalue weighted by Crippen LogP contribution is -2.27. The van der Waals surface area contributed by atoms with Gasteiger partial charge in [0.2, 0.25) is 0 Å². The zero-order valence-corrected chi connectivity index (χ0v) is 53.1. The van der Waals surface area contributed by atoms with Crippen molar-refractivity contribution in [3.63, 3.8) is 0 Å². The van der Waals surface area contributed by atoms with Gasteiger partial charge in [-0.2, -0.15) is 0 Å². The van der Waals surface area contributed by atoms with E-state index in [-0.39, 0.29) is 111 Å². The molecule has 492 valence electrons. The van der Waals surface area contributed by atoms with Crippen LogP contribution in [0.1, 0.15) is 65.2 Å². The number of benzene rings is 10. The van der Waals surface area contributed by atoms with Gasteiger partial charge in [-0.05, 0) is 142 Å². The monoisotopic (exact) mass is 1310 g/mol. The number of hydrogen-bond acceptors (Lipinski definition) is 16. The maximum atomic E-state index is 13.4. The third-order valence-electron chi connectivity index (χ3n) is 16.8. The number of aromatic hydroxyl groups is 6. The number of ether oxygens (including phenoxy) is 4. The predicted octanol–water partition coefficient (Wildman–Crippen LogP) is 12.1. The number of nitrogens with zero attached hydrogens (tertiary/aromatic N) is 6. The number of phenolic OH excluding ortho intramolecular Hbond substituents is 6. The van der Waals surface area contributed by atoms with Crippen molar-refractivity contribution in [2.45, 2.75) is 25.7 Å². The molecule has 98 heavy (non-hydrogen) atoms. The van der Waals surface area contributed by atoms with E-state index in [1.807, 2.05) is 72.8 Å². The second kappa shape index (κ2) is 29.6. The first-order valence-electron chi connectivity index (χ1n) is 32.0. The Morgan fingerprint density at radius 3 is 0.980 bits per heavy atom. The van der Waals surface area contributed by atoms with Gasteiger partial charge >= 0.3 is 0 Å². The Morgan fingerprint density at radius 2 is 0.653 bits per heavy atom. The first-order valence-corrected chi connectivity index (χ1v) is 32.0. The van der Waals surface area contributed by atoms with Crippen LogP contribution in [0.4, 0.5) is 0 Å². The van der Waals surface area contributed by atoms with Crippen molar-refractivity contribution in [3.05, 3.63) is 274 Å². The minimum atomic E-state index is -0.310. The van der Waals surface area contributed by atoms with Crippen molar-refractivity contribution in [1.82, 2.24) is 40.2 Å². The summed E-state index contributed by atoms with van der Waals surface area (Å²) in [6, 6.07) is 63.9. The highest BCUT2D eigenvalue weighted by Crippen LogP contribution is 2.40. The van der Waals surface area contributed by atoms with Crippen molar-refractivity contribution >= 4 is 11.8 Å². The fourth-order valence-corrected chi connectivity index (χ4v) is 11.9. The summed E-state index contributed by atoms with van der Waals surface area (Å²) >= 11 is 0. The number of para-hydroxylation sites is 8. The molecule has 20 heteroatoms. The van der Waals surface area contributed by atoms with Crippen molar-refractivity contribution in [2.75, 3.05) is 52.7 Å². The van der Waals surface area contributed by atoms with E-state index in [0.717, 1.165) is 22.3 Å². The molecule has 1 aliphatic carbocycles. The van der Waals surface area contributed by atoms with Gasteiger partial charge in [0.15, 0.2) is 23.3 Å². The number of carbonyl (C=O) groups is 2.